The van der Waals surface area contributed by atoms with E-state index in [1.54, 1.807) is 50.6 Å². The van der Waals surface area contributed by atoms with Gasteiger partial charge in [0.05, 0.1) is 82.0 Å². The molecule has 0 atom stereocenters. The summed E-state index contributed by atoms with van der Waals surface area (Å²) < 4.78 is 25.7. The lowest BCUT2D eigenvalue weighted by Crippen LogP contribution is -2.13. The summed E-state index contributed by atoms with van der Waals surface area (Å²) in [4.78, 5) is 67.4. The molecule has 18 nitrogen and oxygen atoms in total. The maximum atomic E-state index is 13.9. The molecule has 538 valence electrons. The second-order valence-electron chi connectivity index (χ2n) is 27.3. The topological polar surface area (TPSA) is 259 Å². The zero-order chi connectivity index (χ0) is 76.2. The number of benzene rings is 12. The molecule has 12 aromatic carbocycles. The lowest BCUT2D eigenvalue weighted by molar-refractivity contribution is -0.132. The van der Waals surface area contributed by atoms with Crippen LogP contribution in [0.2, 0.25) is 0 Å². The van der Waals surface area contributed by atoms with Gasteiger partial charge in [-0.3, -0.25) is 9.59 Å². The normalized spacial score (nSPS) is 12.8. The number of carbonyl (C=O) groups excluding carboxylic acids is 2. The number of fused-ring (bicyclic) bond motifs is 34. The smallest absolute Gasteiger partial charge is 0.308 e. The summed E-state index contributed by atoms with van der Waals surface area (Å²) in [7, 11) is 3.10. The van der Waals surface area contributed by atoms with Crippen LogP contribution in [0.1, 0.15) is 58.9 Å². The van der Waals surface area contributed by atoms with Crippen molar-refractivity contribution in [2.24, 2.45) is 20.0 Å². The maximum absolute atomic E-state index is 13.9. The molecule has 0 unspecified atom stereocenters. The third kappa shape index (κ3) is 11.2. The van der Waals surface area contributed by atoms with Gasteiger partial charge < -0.3 is 49.3 Å². The van der Waals surface area contributed by atoms with Gasteiger partial charge in [0.2, 0.25) is 23.6 Å². The number of H-pyrrole nitrogens is 2. The minimum absolute atomic E-state index is 0.000199. The van der Waals surface area contributed by atoms with Gasteiger partial charge in [-0.2, -0.15) is 0 Å². The van der Waals surface area contributed by atoms with Gasteiger partial charge in [0, 0.05) is 103 Å². The van der Waals surface area contributed by atoms with Crippen molar-refractivity contribution in [3.05, 3.63) is 288 Å². The predicted molar refractivity (Wildman–Crippen MR) is 445 cm³/mol. The molecule has 3 aromatic heterocycles. The highest BCUT2D eigenvalue weighted by atomic mass is 16.5. The number of esters is 2. The Hall–Kier alpha value is -15.3. The van der Waals surface area contributed by atoms with E-state index < -0.39 is 23.7 Å². The van der Waals surface area contributed by atoms with Crippen molar-refractivity contribution < 1.29 is 49.0 Å². The molecule has 0 fully saturated rings. The van der Waals surface area contributed by atoms with Gasteiger partial charge in [-0.05, 0) is 140 Å². The number of nitrogens with zero attached hydrogens (tertiary/aromatic N) is 6. The summed E-state index contributed by atoms with van der Waals surface area (Å²) in [5.41, 5.74) is 11.7. The van der Waals surface area contributed by atoms with E-state index in [0.29, 0.717) is 133 Å². The van der Waals surface area contributed by atoms with Crippen LogP contribution in [0, 0.1) is 0 Å². The first kappa shape index (κ1) is 67.3. The van der Waals surface area contributed by atoms with Crippen LogP contribution in [0.3, 0.4) is 0 Å². The Kier molecular flexibility index (Phi) is 16.2. The number of methoxy groups -OCH3 is 2. The fourth-order valence-electron chi connectivity index (χ4n) is 16.1. The third-order valence-electron chi connectivity index (χ3n) is 20.7. The molecular weight excluding hydrogens is 1400 g/mol. The molecule has 4 aliphatic heterocycles. The van der Waals surface area contributed by atoms with Crippen LogP contribution < -0.4 is 18.9 Å². The SMILES string of the molecule is COc1c2cc3ccccc3c1-c1c(OC)c(cc3ccccc13)C(O)=Nc1ccccc1-c1c3nc(c(c4ccc([nH]4)c4c5nc(c(c6ccc1[nH]6)-c1ccccc1N=C(O)c1cc6ccccc6c(c1OC(C)=O)-c1c(OC(C)=O)c(cc6ccccc16)C(O)=Nc1ccccc1-4)C=C5)-c1ccccc1N=C2O)C=C3. The summed E-state index contributed by atoms with van der Waals surface area (Å²) in [6.45, 7) is 2.51. The van der Waals surface area contributed by atoms with Crippen LogP contribution in [0.15, 0.2) is 263 Å². The number of nitrogens with one attached hydrogen (secondary N) is 2. The van der Waals surface area contributed by atoms with Crippen molar-refractivity contribution in [1.29, 1.82) is 0 Å². The van der Waals surface area contributed by atoms with Crippen LogP contribution >= 0.6 is 0 Å². The first-order valence-corrected chi connectivity index (χ1v) is 36.1. The van der Waals surface area contributed by atoms with Gasteiger partial charge in [0.15, 0.2) is 11.5 Å². The Balaban J connectivity index is 0.989. The molecule has 0 saturated carbocycles. The summed E-state index contributed by atoms with van der Waals surface area (Å²) in [6.07, 6.45) is 7.66. The van der Waals surface area contributed by atoms with Crippen molar-refractivity contribution in [2.45, 2.75) is 13.8 Å². The number of hydrogen-bond acceptors (Lipinski definition) is 12. The molecule has 0 aliphatic carbocycles. The van der Waals surface area contributed by atoms with Crippen LogP contribution in [-0.4, -0.2) is 90.1 Å². The number of para-hydroxylation sites is 4. The van der Waals surface area contributed by atoms with Gasteiger partial charge in [-0.25, -0.2) is 29.9 Å². The monoisotopic (exact) mass is 1460 g/mol. The Morgan fingerprint density at radius 3 is 0.777 bits per heavy atom. The van der Waals surface area contributed by atoms with E-state index >= 15 is 0 Å². The lowest BCUT2D eigenvalue weighted by atomic mass is 9.88. The minimum Gasteiger partial charge on any atom is -0.495 e. The molecule has 7 heterocycles. The number of aromatic amines is 2. The molecule has 18 heteroatoms. The van der Waals surface area contributed by atoms with Crippen molar-refractivity contribution >= 4 is 148 Å². The number of aliphatic hydroxyl groups excluding tert-OH is 4. The number of carbonyl (C=O) groups is 2. The quantitative estimate of drug-likeness (QED) is 0.0710. The number of aliphatic imine (C=N–C) groups is 4. The molecule has 112 heavy (non-hydrogen) atoms. The third-order valence-corrected chi connectivity index (χ3v) is 20.7. The molecule has 6 N–H and O–H groups in total. The summed E-state index contributed by atoms with van der Waals surface area (Å²) in [5.74, 6) is -3.02. The van der Waals surface area contributed by atoms with Gasteiger partial charge in [0.25, 0.3) is 0 Å². The number of rotatable bonds is 4. The van der Waals surface area contributed by atoms with Gasteiger partial charge >= 0.3 is 11.9 Å². The molecular formula is C94H62N8O10. The molecule has 0 spiro atoms. The molecule has 15 aromatic rings. The Morgan fingerprint density at radius 2 is 0.518 bits per heavy atom. The first-order chi connectivity index (χ1) is 54.7. The van der Waals surface area contributed by atoms with E-state index in [-0.39, 0.29) is 79.5 Å². The first-order valence-electron chi connectivity index (χ1n) is 36.1. The average Bonchev–Trinajstić information content (AvgIpc) is 0.802. The highest BCUT2D eigenvalue weighted by Gasteiger charge is 2.33. The highest BCUT2D eigenvalue weighted by Crippen LogP contribution is 2.53. The summed E-state index contributed by atoms with van der Waals surface area (Å²) >= 11 is 0. The molecule has 4 aliphatic rings. The van der Waals surface area contributed by atoms with Crippen LogP contribution in [0.5, 0.6) is 23.0 Å². The number of aliphatic hydroxyl groups is 4. The van der Waals surface area contributed by atoms with Crippen LogP contribution in [0.4, 0.5) is 22.7 Å². The molecule has 20 bridgehead atoms. The molecule has 19 rings (SSSR count). The predicted octanol–water partition coefficient (Wildman–Crippen LogP) is 22.3. The van der Waals surface area contributed by atoms with E-state index in [1.165, 1.54) is 13.8 Å². The molecule has 0 saturated heterocycles. The zero-order valence-corrected chi connectivity index (χ0v) is 60.3. The van der Waals surface area contributed by atoms with Crippen molar-refractivity contribution in [3.8, 4) is 89.8 Å². The maximum Gasteiger partial charge on any atom is 0.308 e. The summed E-state index contributed by atoms with van der Waals surface area (Å²) in [6, 6.07) is 74.8. The Labute approximate surface area is 638 Å². The molecule has 0 radical (unpaired) electrons. The van der Waals surface area contributed by atoms with Crippen LogP contribution in [0.25, 0.3) is 156 Å². The zero-order valence-electron chi connectivity index (χ0n) is 60.3. The van der Waals surface area contributed by atoms with Crippen molar-refractivity contribution in [1.82, 2.24) is 19.9 Å². The van der Waals surface area contributed by atoms with E-state index in [0.717, 1.165) is 21.5 Å². The standard InChI is InChI=1S/C94H62N8O10/c1-49(103)111-89-65-47-53-23-7-11-27-57(53)85(89)86-58-28-12-8-24-54(58)48-66(90(86)112-50(2)104)94(108)102-70-36-20-16-32-62(70)82-76-42-40-74(97-76)80-60-30-14-18-34-68(60)100-92(106)64-46-52-22-6-10-26-56(52)84(88(64)110-4)83-55-25-9-5-21-51(55)45-63(87(83)109-3)91(105)99-67-33-17-13-29-59(67)79(71-37-38-72(80)95-71)73-39-41-75(96-73)81(77-43-44-78(82)98-77)61-31-15-19-35-69(61)101-93(65)107/h5-48,96-97H,1-4H3,(H,99,105)(H,100,106)(H,101,107)(H,102,108). The average molecular weight is 1460 g/mol. The van der Waals surface area contributed by atoms with E-state index in [2.05, 4.69) is 9.97 Å². The Bertz CT molecular complexity index is 6650. The lowest BCUT2D eigenvalue weighted by Gasteiger charge is -2.22. The highest BCUT2D eigenvalue weighted by molar-refractivity contribution is 6.20. The van der Waals surface area contributed by atoms with E-state index in [1.807, 2.05) is 231 Å². The van der Waals surface area contributed by atoms with Gasteiger partial charge in [-0.15, -0.1) is 0 Å². The van der Waals surface area contributed by atoms with E-state index in [4.69, 9.17) is 48.9 Å². The largest absolute Gasteiger partial charge is 0.495 e. The fraction of sp³-hybridized carbons (Fsp3) is 0.0426. The second kappa shape index (κ2) is 26.9. The number of hydrogen-bond donors (Lipinski definition) is 6. The minimum atomic E-state index is -0.738. The van der Waals surface area contributed by atoms with Gasteiger partial charge in [0.1, 0.15) is 11.5 Å². The van der Waals surface area contributed by atoms with E-state index in [9.17, 15) is 30.0 Å². The number of aromatic nitrogens is 4. The van der Waals surface area contributed by atoms with Crippen LogP contribution in [-0.2, 0) is 9.59 Å². The van der Waals surface area contributed by atoms with Crippen molar-refractivity contribution in [2.75, 3.05) is 14.2 Å². The second-order valence-corrected chi connectivity index (χ2v) is 27.3. The fourth-order valence-corrected chi connectivity index (χ4v) is 16.1. The Morgan fingerprint density at radius 1 is 0.286 bits per heavy atom. The number of ether oxygens (including phenoxy) is 4. The van der Waals surface area contributed by atoms with Crippen molar-refractivity contribution in [3.63, 3.8) is 0 Å². The molecule has 0 amide bonds. The summed E-state index contributed by atoms with van der Waals surface area (Å²) in [5, 5.41) is 57.8. The van der Waals surface area contributed by atoms with Gasteiger partial charge in [-0.1, -0.05) is 170 Å².